The van der Waals surface area contributed by atoms with Crippen molar-refractivity contribution in [2.45, 2.75) is 65.0 Å². The molecule has 0 bridgehead atoms. The number of anilines is 1. The Kier molecular flexibility index (Phi) is 4.20. The maximum atomic E-state index is 5.84. The molecule has 118 valence electrons. The van der Waals surface area contributed by atoms with Gasteiger partial charge >= 0.3 is 6.01 Å². The molecule has 3 rings (SSSR count). The average Bonchev–Trinajstić information content (AvgIpc) is 2.93. The lowest BCUT2D eigenvalue weighted by Crippen LogP contribution is -2.42. The number of hydrogen-bond donors (Lipinski definition) is 1. The molecule has 2 heterocycles. The monoisotopic (exact) mass is 292 g/mol. The molecule has 0 aromatic carbocycles. The summed E-state index contributed by atoms with van der Waals surface area (Å²) in [6, 6.07) is 0.713. The fourth-order valence-corrected chi connectivity index (χ4v) is 3.56. The summed E-state index contributed by atoms with van der Waals surface area (Å²) >= 11 is 0. The van der Waals surface area contributed by atoms with Crippen LogP contribution in [0.5, 0.6) is 0 Å². The van der Waals surface area contributed by atoms with Gasteiger partial charge in [-0.25, -0.2) is 0 Å². The predicted molar refractivity (Wildman–Crippen MR) is 83.2 cm³/mol. The first kappa shape index (κ1) is 14.8. The molecule has 1 saturated heterocycles. The topological polar surface area (TPSA) is 54.2 Å². The maximum Gasteiger partial charge on any atom is 0.318 e. The minimum atomic E-state index is 0.0646. The van der Waals surface area contributed by atoms with Crippen LogP contribution in [0.15, 0.2) is 4.42 Å². The van der Waals surface area contributed by atoms with E-state index in [-0.39, 0.29) is 5.54 Å². The molecule has 0 amide bonds. The third kappa shape index (κ3) is 3.76. The zero-order chi connectivity index (χ0) is 14.9. The van der Waals surface area contributed by atoms with Crippen LogP contribution in [-0.2, 0) is 6.54 Å². The third-order valence-corrected chi connectivity index (χ3v) is 4.79. The van der Waals surface area contributed by atoms with Gasteiger partial charge < -0.3 is 14.6 Å². The second-order valence-corrected chi connectivity index (χ2v) is 7.62. The molecule has 1 aromatic heterocycles. The average molecular weight is 292 g/mol. The molecular formula is C16H28N4O. The molecule has 2 atom stereocenters. The number of piperidine rings is 1. The van der Waals surface area contributed by atoms with Gasteiger partial charge in [-0.15, -0.1) is 5.10 Å². The van der Waals surface area contributed by atoms with Crippen LogP contribution in [0.25, 0.3) is 0 Å². The highest BCUT2D eigenvalue weighted by atomic mass is 16.4. The van der Waals surface area contributed by atoms with Crippen molar-refractivity contribution in [1.29, 1.82) is 0 Å². The first-order chi connectivity index (χ1) is 10.0. The first-order valence-electron chi connectivity index (χ1n) is 8.33. The van der Waals surface area contributed by atoms with E-state index in [1.54, 1.807) is 0 Å². The van der Waals surface area contributed by atoms with Gasteiger partial charge in [-0.05, 0) is 45.4 Å². The summed E-state index contributed by atoms with van der Waals surface area (Å²) in [6.45, 7) is 9.21. The Bertz CT molecular complexity index is 465. The second-order valence-electron chi connectivity index (χ2n) is 7.62. The van der Waals surface area contributed by atoms with Crippen molar-refractivity contribution in [3.05, 3.63) is 5.89 Å². The lowest BCUT2D eigenvalue weighted by molar-refractivity contribution is 0.198. The Hall–Kier alpha value is -1.10. The first-order valence-corrected chi connectivity index (χ1v) is 8.33. The number of fused-ring (bicyclic) bond motifs is 1. The van der Waals surface area contributed by atoms with Crippen LogP contribution < -0.4 is 10.2 Å². The molecule has 2 fully saturated rings. The number of hydrogen-bond acceptors (Lipinski definition) is 5. The van der Waals surface area contributed by atoms with Crippen molar-refractivity contribution in [2.24, 2.45) is 11.8 Å². The third-order valence-electron chi connectivity index (χ3n) is 4.79. The van der Waals surface area contributed by atoms with Crippen LogP contribution in [-0.4, -0.2) is 28.8 Å². The molecule has 1 aliphatic carbocycles. The minimum Gasteiger partial charge on any atom is -0.407 e. The normalized spacial score (nSPS) is 26.7. The summed E-state index contributed by atoms with van der Waals surface area (Å²) in [5, 5.41) is 11.8. The maximum absolute atomic E-state index is 5.84. The smallest absolute Gasteiger partial charge is 0.318 e. The zero-order valence-electron chi connectivity index (χ0n) is 13.6. The van der Waals surface area contributed by atoms with E-state index in [0.717, 1.165) is 24.9 Å². The lowest BCUT2D eigenvalue weighted by atomic mass is 9.75. The van der Waals surface area contributed by atoms with Crippen molar-refractivity contribution in [2.75, 3.05) is 18.0 Å². The van der Waals surface area contributed by atoms with E-state index in [1.165, 1.54) is 32.1 Å². The highest BCUT2D eigenvalue weighted by Gasteiger charge is 2.32. The van der Waals surface area contributed by atoms with E-state index < -0.39 is 0 Å². The van der Waals surface area contributed by atoms with Gasteiger partial charge in [0.2, 0.25) is 5.89 Å². The van der Waals surface area contributed by atoms with E-state index >= 15 is 0 Å². The summed E-state index contributed by atoms with van der Waals surface area (Å²) in [7, 11) is 0. The van der Waals surface area contributed by atoms with Crippen molar-refractivity contribution in [3.63, 3.8) is 0 Å². The Balaban J connectivity index is 1.58. The summed E-state index contributed by atoms with van der Waals surface area (Å²) in [5.41, 5.74) is 0.0646. The molecule has 2 aliphatic rings. The van der Waals surface area contributed by atoms with E-state index in [9.17, 15) is 0 Å². The van der Waals surface area contributed by atoms with Gasteiger partial charge in [-0.3, -0.25) is 0 Å². The molecule has 0 spiro atoms. The number of rotatable bonds is 3. The number of aromatic nitrogens is 2. The molecule has 5 nitrogen and oxygen atoms in total. The van der Waals surface area contributed by atoms with E-state index in [1.807, 2.05) is 0 Å². The van der Waals surface area contributed by atoms with Crippen LogP contribution >= 0.6 is 0 Å². The van der Waals surface area contributed by atoms with Crippen molar-refractivity contribution in [3.8, 4) is 0 Å². The van der Waals surface area contributed by atoms with Gasteiger partial charge in [0.05, 0.1) is 6.54 Å². The summed E-state index contributed by atoms with van der Waals surface area (Å²) in [6.07, 6.45) is 6.88. The molecule has 1 aliphatic heterocycles. The fourth-order valence-electron chi connectivity index (χ4n) is 3.56. The van der Waals surface area contributed by atoms with Crippen LogP contribution in [0.4, 0.5) is 6.01 Å². The second kappa shape index (κ2) is 5.95. The summed E-state index contributed by atoms with van der Waals surface area (Å²) < 4.78 is 5.84. The summed E-state index contributed by atoms with van der Waals surface area (Å²) in [5.74, 6) is 2.45. The molecule has 1 N–H and O–H groups in total. The Morgan fingerprint density at radius 1 is 1.14 bits per heavy atom. The molecule has 0 radical (unpaired) electrons. The van der Waals surface area contributed by atoms with Gasteiger partial charge in [-0.1, -0.05) is 24.4 Å². The van der Waals surface area contributed by atoms with Crippen LogP contribution in [0.1, 0.15) is 58.8 Å². The SMILES string of the molecule is CC(C)(C)NCc1nnc(N2CCC3CCCCC3C2)o1. The van der Waals surface area contributed by atoms with E-state index in [4.69, 9.17) is 4.42 Å². The fraction of sp³-hybridized carbons (Fsp3) is 0.875. The van der Waals surface area contributed by atoms with E-state index in [2.05, 4.69) is 41.2 Å². The standard InChI is InChI=1S/C16H28N4O/c1-16(2,3)17-10-14-18-19-15(21-14)20-9-8-12-6-4-5-7-13(12)11-20/h12-13,17H,4-11H2,1-3H3. The van der Waals surface area contributed by atoms with Gasteiger partial charge in [-0.2, -0.15) is 0 Å². The van der Waals surface area contributed by atoms with Crippen LogP contribution in [0, 0.1) is 11.8 Å². The number of nitrogens with one attached hydrogen (secondary N) is 1. The van der Waals surface area contributed by atoms with Crippen LogP contribution in [0.3, 0.4) is 0 Å². The number of nitrogens with zero attached hydrogens (tertiary/aromatic N) is 3. The van der Waals surface area contributed by atoms with Gasteiger partial charge in [0.15, 0.2) is 0 Å². The molecular weight excluding hydrogens is 264 g/mol. The van der Waals surface area contributed by atoms with Crippen molar-refractivity contribution >= 4 is 6.01 Å². The van der Waals surface area contributed by atoms with Crippen molar-refractivity contribution < 1.29 is 4.42 Å². The molecule has 1 aromatic rings. The molecule has 2 unspecified atom stereocenters. The van der Waals surface area contributed by atoms with Gasteiger partial charge in [0, 0.05) is 18.6 Å². The molecule has 1 saturated carbocycles. The molecule has 5 heteroatoms. The quantitative estimate of drug-likeness (QED) is 0.928. The van der Waals surface area contributed by atoms with Crippen LogP contribution in [0.2, 0.25) is 0 Å². The van der Waals surface area contributed by atoms with Gasteiger partial charge in [0.25, 0.3) is 0 Å². The zero-order valence-corrected chi connectivity index (χ0v) is 13.6. The Morgan fingerprint density at radius 3 is 2.67 bits per heavy atom. The predicted octanol–water partition coefficient (Wildman–Crippen LogP) is 2.97. The van der Waals surface area contributed by atoms with E-state index in [0.29, 0.717) is 18.5 Å². The lowest BCUT2D eigenvalue weighted by Gasteiger charge is -2.40. The highest BCUT2D eigenvalue weighted by Crippen LogP contribution is 2.37. The van der Waals surface area contributed by atoms with Gasteiger partial charge in [0.1, 0.15) is 0 Å². The van der Waals surface area contributed by atoms with Crippen molar-refractivity contribution in [1.82, 2.24) is 15.5 Å². The minimum absolute atomic E-state index is 0.0646. The Labute approximate surface area is 127 Å². The highest BCUT2D eigenvalue weighted by molar-refractivity contribution is 5.25. The summed E-state index contributed by atoms with van der Waals surface area (Å²) in [4.78, 5) is 2.29. The Morgan fingerprint density at radius 2 is 1.90 bits per heavy atom. The largest absolute Gasteiger partial charge is 0.407 e. The molecule has 21 heavy (non-hydrogen) atoms.